The quantitative estimate of drug-likeness (QED) is 0.834. The maximum Gasteiger partial charge on any atom is 0.0594 e. The van der Waals surface area contributed by atoms with Crippen LogP contribution in [0.5, 0.6) is 0 Å². The van der Waals surface area contributed by atoms with Crippen molar-refractivity contribution in [1.82, 2.24) is 4.90 Å². The third kappa shape index (κ3) is 4.46. The summed E-state index contributed by atoms with van der Waals surface area (Å²) in [7, 11) is 0. The molecule has 1 unspecified atom stereocenters. The number of hydrogen-bond donors (Lipinski definition) is 1. The molecule has 1 aliphatic rings. The summed E-state index contributed by atoms with van der Waals surface area (Å²) in [6.07, 6.45) is 2.04. The van der Waals surface area contributed by atoms with Gasteiger partial charge >= 0.3 is 0 Å². The van der Waals surface area contributed by atoms with Gasteiger partial charge in [-0.1, -0.05) is 30.3 Å². The molecule has 1 atom stereocenters. The van der Waals surface area contributed by atoms with Crippen LogP contribution in [0.2, 0.25) is 0 Å². The highest BCUT2D eigenvalue weighted by Gasteiger charge is 2.11. The molecule has 1 saturated heterocycles. The van der Waals surface area contributed by atoms with Crippen molar-refractivity contribution in [1.29, 1.82) is 0 Å². The van der Waals surface area contributed by atoms with Crippen molar-refractivity contribution in [2.24, 2.45) is 5.73 Å². The van der Waals surface area contributed by atoms with Crippen molar-refractivity contribution in [3.05, 3.63) is 35.9 Å². The minimum atomic E-state index is 0.264. The molecule has 0 radical (unpaired) electrons. The fourth-order valence-electron chi connectivity index (χ4n) is 2.19. The van der Waals surface area contributed by atoms with Crippen LogP contribution in [0.15, 0.2) is 30.3 Å². The zero-order chi connectivity index (χ0) is 11.9. The first-order valence-electron chi connectivity index (χ1n) is 6.44. The highest BCUT2D eigenvalue weighted by atomic mass is 16.5. The van der Waals surface area contributed by atoms with Gasteiger partial charge in [-0.2, -0.15) is 0 Å². The van der Waals surface area contributed by atoms with E-state index in [1.165, 1.54) is 5.56 Å². The lowest BCUT2D eigenvalue weighted by Gasteiger charge is -2.27. The molecule has 94 valence electrons. The lowest BCUT2D eigenvalue weighted by molar-refractivity contribution is 0.0366. The monoisotopic (exact) mass is 234 g/mol. The average molecular weight is 234 g/mol. The molecule has 1 heterocycles. The summed E-state index contributed by atoms with van der Waals surface area (Å²) in [6.45, 7) is 4.94. The minimum absolute atomic E-state index is 0.264. The lowest BCUT2D eigenvalue weighted by Crippen LogP contribution is -2.39. The van der Waals surface area contributed by atoms with Crippen LogP contribution in [-0.4, -0.2) is 43.8 Å². The van der Waals surface area contributed by atoms with E-state index < -0.39 is 0 Å². The second kappa shape index (κ2) is 6.74. The van der Waals surface area contributed by atoms with E-state index in [0.717, 1.165) is 45.7 Å². The Morgan fingerprint density at radius 2 is 1.88 bits per heavy atom. The van der Waals surface area contributed by atoms with Gasteiger partial charge in [0.15, 0.2) is 0 Å². The van der Waals surface area contributed by atoms with Gasteiger partial charge in [-0.3, -0.25) is 4.90 Å². The first kappa shape index (κ1) is 12.6. The first-order chi connectivity index (χ1) is 8.34. The maximum atomic E-state index is 6.16. The summed E-state index contributed by atoms with van der Waals surface area (Å²) in [5.41, 5.74) is 7.50. The maximum absolute atomic E-state index is 6.16. The molecule has 0 bridgehead atoms. The predicted molar refractivity (Wildman–Crippen MR) is 70.0 cm³/mol. The number of hydrogen-bond acceptors (Lipinski definition) is 3. The third-order valence-corrected chi connectivity index (χ3v) is 3.26. The summed E-state index contributed by atoms with van der Waals surface area (Å²) < 4.78 is 5.33. The van der Waals surface area contributed by atoms with Crippen molar-refractivity contribution >= 4 is 0 Å². The Morgan fingerprint density at radius 3 is 2.59 bits per heavy atom. The van der Waals surface area contributed by atoms with Crippen molar-refractivity contribution in [2.45, 2.75) is 18.9 Å². The molecule has 0 aliphatic carbocycles. The van der Waals surface area contributed by atoms with E-state index in [4.69, 9.17) is 10.5 Å². The van der Waals surface area contributed by atoms with E-state index in [9.17, 15) is 0 Å². The van der Waals surface area contributed by atoms with Gasteiger partial charge in [0.25, 0.3) is 0 Å². The Hall–Kier alpha value is -0.900. The molecule has 17 heavy (non-hydrogen) atoms. The van der Waals surface area contributed by atoms with E-state index in [1.54, 1.807) is 0 Å². The predicted octanol–water partition coefficient (Wildman–Crippen LogP) is 1.28. The second-order valence-electron chi connectivity index (χ2n) is 4.69. The molecule has 0 aromatic heterocycles. The fraction of sp³-hybridized carbons (Fsp3) is 0.571. The van der Waals surface area contributed by atoms with Gasteiger partial charge in [0.05, 0.1) is 13.2 Å². The Balaban J connectivity index is 1.68. The molecule has 0 saturated carbocycles. The van der Waals surface area contributed by atoms with Crippen molar-refractivity contribution in [3.63, 3.8) is 0 Å². The molecule has 3 heteroatoms. The lowest BCUT2D eigenvalue weighted by atomic mass is 10.0. The SMILES string of the molecule is NC(CCN1CCOCC1)Cc1ccccc1. The van der Waals surface area contributed by atoms with E-state index in [0.29, 0.717) is 0 Å². The standard InChI is InChI=1S/C14H22N2O/c15-14(12-13-4-2-1-3-5-13)6-7-16-8-10-17-11-9-16/h1-5,14H,6-12,15H2. The largest absolute Gasteiger partial charge is 0.379 e. The van der Waals surface area contributed by atoms with Crippen molar-refractivity contribution < 1.29 is 4.74 Å². The van der Waals surface area contributed by atoms with Gasteiger partial charge in [-0.05, 0) is 24.9 Å². The molecular weight excluding hydrogens is 212 g/mol. The van der Waals surface area contributed by atoms with Gasteiger partial charge in [-0.25, -0.2) is 0 Å². The van der Waals surface area contributed by atoms with Crippen molar-refractivity contribution in [3.8, 4) is 0 Å². The Kier molecular flexibility index (Phi) is 4.98. The normalized spacial score (nSPS) is 19.1. The van der Waals surface area contributed by atoms with E-state index in [2.05, 4.69) is 29.2 Å². The van der Waals surface area contributed by atoms with Gasteiger partial charge < -0.3 is 10.5 Å². The summed E-state index contributed by atoms with van der Waals surface area (Å²) >= 11 is 0. The van der Waals surface area contributed by atoms with E-state index >= 15 is 0 Å². The van der Waals surface area contributed by atoms with E-state index in [-0.39, 0.29) is 6.04 Å². The number of rotatable bonds is 5. The van der Waals surface area contributed by atoms with Crippen LogP contribution < -0.4 is 5.73 Å². The molecule has 0 amide bonds. The van der Waals surface area contributed by atoms with Crippen LogP contribution in [-0.2, 0) is 11.2 Å². The van der Waals surface area contributed by atoms with Gasteiger partial charge in [-0.15, -0.1) is 0 Å². The molecule has 3 nitrogen and oxygen atoms in total. The number of nitrogens with zero attached hydrogens (tertiary/aromatic N) is 1. The molecule has 1 aliphatic heterocycles. The zero-order valence-corrected chi connectivity index (χ0v) is 10.3. The Labute approximate surface area is 104 Å². The number of morpholine rings is 1. The summed E-state index contributed by atoms with van der Waals surface area (Å²) in [5, 5.41) is 0. The number of benzene rings is 1. The van der Waals surface area contributed by atoms with E-state index in [1.807, 2.05) is 6.07 Å². The van der Waals surface area contributed by atoms with Crippen LogP contribution in [0.4, 0.5) is 0 Å². The number of nitrogens with two attached hydrogens (primary N) is 1. The zero-order valence-electron chi connectivity index (χ0n) is 10.3. The molecule has 0 spiro atoms. The molecule has 2 N–H and O–H groups in total. The minimum Gasteiger partial charge on any atom is -0.379 e. The van der Waals surface area contributed by atoms with Gasteiger partial charge in [0.2, 0.25) is 0 Å². The van der Waals surface area contributed by atoms with Crippen molar-refractivity contribution in [2.75, 3.05) is 32.8 Å². The second-order valence-corrected chi connectivity index (χ2v) is 4.69. The average Bonchev–Trinajstić information content (AvgIpc) is 2.39. The molecule has 1 fully saturated rings. The van der Waals surface area contributed by atoms with Crippen LogP contribution in [0.3, 0.4) is 0 Å². The van der Waals surface area contributed by atoms with Gasteiger partial charge in [0, 0.05) is 19.1 Å². The molecule has 1 aromatic rings. The van der Waals surface area contributed by atoms with Crippen LogP contribution >= 0.6 is 0 Å². The van der Waals surface area contributed by atoms with Gasteiger partial charge in [0.1, 0.15) is 0 Å². The summed E-state index contributed by atoms with van der Waals surface area (Å²) in [6, 6.07) is 10.8. The van der Waals surface area contributed by atoms with Crippen LogP contribution in [0.25, 0.3) is 0 Å². The first-order valence-corrected chi connectivity index (χ1v) is 6.44. The smallest absolute Gasteiger partial charge is 0.0594 e. The molecule has 1 aromatic carbocycles. The Morgan fingerprint density at radius 1 is 1.18 bits per heavy atom. The molecule has 2 rings (SSSR count). The highest BCUT2D eigenvalue weighted by molar-refractivity contribution is 5.15. The van der Waals surface area contributed by atoms with Crippen LogP contribution in [0, 0.1) is 0 Å². The highest BCUT2D eigenvalue weighted by Crippen LogP contribution is 2.06. The molecular formula is C14H22N2O. The van der Waals surface area contributed by atoms with Crippen LogP contribution in [0.1, 0.15) is 12.0 Å². The summed E-state index contributed by atoms with van der Waals surface area (Å²) in [5.74, 6) is 0. The third-order valence-electron chi connectivity index (χ3n) is 3.26. The topological polar surface area (TPSA) is 38.5 Å². The Bertz CT molecular complexity index is 309. The number of ether oxygens (including phenoxy) is 1. The summed E-state index contributed by atoms with van der Waals surface area (Å²) in [4.78, 5) is 2.44. The fourth-order valence-corrected chi connectivity index (χ4v) is 2.19.